The van der Waals surface area contributed by atoms with E-state index in [4.69, 9.17) is 4.74 Å². The Morgan fingerprint density at radius 3 is 1.57 bits per heavy atom. The molecule has 0 aliphatic rings. The molecule has 0 bridgehead atoms. The Labute approximate surface area is 333 Å². The molecule has 0 rings (SSSR count). The smallest absolute Gasteiger partial charge is 0.306 e. The summed E-state index contributed by atoms with van der Waals surface area (Å²) in [7, 11) is 0. The van der Waals surface area contributed by atoms with Crippen molar-refractivity contribution in [3.63, 3.8) is 0 Å². The fourth-order valence-corrected chi connectivity index (χ4v) is 6.41. The van der Waals surface area contributed by atoms with Gasteiger partial charge < -0.3 is 20.3 Å². The van der Waals surface area contributed by atoms with Crippen molar-refractivity contribution >= 4 is 11.9 Å². The van der Waals surface area contributed by atoms with Crippen molar-refractivity contribution in [2.75, 3.05) is 6.61 Å². The zero-order chi connectivity index (χ0) is 39.6. The Bertz CT molecular complexity index is 984. The molecule has 6 nitrogen and oxygen atoms in total. The van der Waals surface area contributed by atoms with E-state index in [2.05, 4.69) is 86.8 Å². The molecule has 54 heavy (non-hydrogen) atoms. The van der Waals surface area contributed by atoms with E-state index < -0.39 is 18.2 Å². The molecule has 0 radical (unpaired) electrons. The maximum absolute atomic E-state index is 13.1. The van der Waals surface area contributed by atoms with Crippen molar-refractivity contribution in [2.45, 2.75) is 225 Å². The molecular weight excluding hydrogens is 671 g/mol. The fourth-order valence-electron chi connectivity index (χ4n) is 6.41. The van der Waals surface area contributed by atoms with Gasteiger partial charge in [-0.05, 0) is 89.9 Å². The second kappa shape index (κ2) is 41.7. The van der Waals surface area contributed by atoms with Crippen molar-refractivity contribution in [1.82, 2.24) is 5.32 Å². The zero-order valence-corrected chi connectivity index (χ0v) is 35.3. The number of esters is 1. The molecule has 3 unspecified atom stereocenters. The summed E-state index contributed by atoms with van der Waals surface area (Å²) in [5, 5.41) is 23.5. The van der Waals surface area contributed by atoms with Gasteiger partial charge in [0.1, 0.15) is 6.10 Å². The molecule has 0 saturated carbocycles. The summed E-state index contributed by atoms with van der Waals surface area (Å²) in [6, 6.07) is -0.711. The number of hydrogen-bond acceptors (Lipinski definition) is 5. The number of amides is 1. The molecule has 0 spiro atoms. The maximum Gasteiger partial charge on any atom is 0.306 e. The molecule has 0 aromatic heterocycles. The highest BCUT2D eigenvalue weighted by atomic mass is 16.5. The van der Waals surface area contributed by atoms with Crippen LogP contribution in [-0.4, -0.2) is 46.9 Å². The van der Waals surface area contributed by atoms with Gasteiger partial charge in [-0.25, -0.2) is 0 Å². The second-order valence-electron chi connectivity index (χ2n) is 15.1. The standard InChI is InChI=1S/C48H85NO5/c1-4-7-10-13-16-19-21-22-23-24-25-26-29-32-35-38-41-48(53)54-44(39-36-33-30-28-20-17-14-11-8-5-2)42-47(52)49-45(43-50)46(51)40-37-34-31-27-18-15-12-9-6-3/h7,10,16-17,19-20,22-23,25-26,44-46,50-51H,4-6,8-9,11-15,18,21,24,27-43H2,1-3H3,(H,49,52)/b10-7+,19-16+,20-17-,23-22+,26-25+. The Morgan fingerprint density at radius 2 is 1.00 bits per heavy atom. The van der Waals surface area contributed by atoms with Gasteiger partial charge in [-0.3, -0.25) is 9.59 Å². The number of carbonyl (C=O) groups is 2. The molecule has 0 aromatic carbocycles. The van der Waals surface area contributed by atoms with Crippen molar-refractivity contribution in [3.8, 4) is 0 Å². The van der Waals surface area contributed by atoms with Gasteiger partial charge >= 0.3 is 5.97 Å². The molecule has 0 fully saturated rings. The summed E-state index contributed by atoms with van der Waals surface area (Å²) in [5.41, 5.74) is 0. The highest BCUT2D eigenvalue weighted by Gasteiger charge is 2.24. The number of hydrogen-bond donors (Lipinski definition) is 3. The summed E-state index contributed by atoms with van der Waals surface area (Å²) in [5.74, 6) is -0.533. The maximum atomic E-state index is 13.1. The predicted molar refractivity (Wildman–Crippen MR) is 232 cm³/mol. The SMILES string of the molecule is CC/C=C/C/C=C/C/C=C/C/C=C/CCCCCC(=O)OC(CCCCC/C=C\CCCCC)CC(=O)NC(CO)C(O)CCCCCCCCCCC. The normalized spacial score (nSPS) is 13.9. The van der Waals surface area contributed by atoms with Crippen LogP contribution in [0, 0.1) is 0 Å². The van der Waals surface area contributed by atoms with Crippen molar-refractivity contribution < 1.29 is 24.5 Å². The first kappa shape index (κ1) is 51.6. The number of aliphatic hydroxyl groups excluding tert-OH is 2. The fraction of sp³-hybridized carbons (Fsp3) is 0.750. The zero-order valence-electron chi connectivity index (χ0n) is 35.3. The van der Waals surface area contributed by atoms with Gasteiger partial charge in [0.2, 0.25) is 5.91 Å². The van der Waals surface area contributed by atoms with Crippen LogP contribution in [0.15, 0.2) is 60.8 Å². The number of ether oxygens (including phenoxy) is 1. The lowest BCUT2D eigenvalue weighted by atomic mass is 10.0. The molecule has 0 aliphatic heterocycles. The Kier molecular flexibility index (Phi) is 39.8. The minimum Gasteiger partial charge on any atom is -0.462 e. The van der Waals surface area contributed by atoms with E-state index in [9.17, 15) is 19.8 Å². The summed E-state index contributed by atoms with van der Waals surface area (Å²) in [6.45, 7) is 6.29. The van der Waals surface area contributed by atoms with Gasteiger partial charge in [-0.15, -0.1) is 0 Å². The van der Waals surface area contributed by atoms with Gasteiger partial charge in [-0.2, -0.15) is 0 Å². The minimum absolute atomic E-state index is 0.0517. The van der Waals surface area contributed by atoms with Crippen LogP contribution in [0.4, 0.5) is 0 Å². The second-order valence-corrected chi connectivity index (χ2v) is 15.1. The largest absolute Gasteiger partial charge is 0.462 e. The molecule has 6 heteroatoms. The van der Waals surface area contributed by atoms with Crippen molar-refractivity contribution in [3.05, 3.63) is 60.8 Å². The quantitative estimate of drug-likeness (QED) is 0.0330. The Hall–Kier alpha value is -2.44. The van der Waals surface area contributed by atoms with Crippen molar-refractivity contribution in [1.29, 1.82) is 0 Å². The van der Waals surface area contributed by atoms with Crippen LogP contribution < -0.4 is 5.32 Å². The van der Waals surface area contributed by atoms with Crippen LogP contribution in [0.3, 0.4) is 0 Å². The molecule has 312 valence electrons. The lowest BCUT2D eigenvalue weighted by Gasteiger charge is -2.24. The topological polar surface area (TPSA) is 95.9 Å². The monoisotopic (exact) mass is 756 g/mol. The molecule has 0 saturated heterocycles. The molecule has 0 aliphatic carbocycles. The lowest BCUT2D eigenvalue weighted by Crippen LogP contribution is -2.46. The first-order valence-corrected chi connectivity index (χ1v) is 22.5. The van der Waals surface area contributed by atoms with Gasteiger partial charge in [-0.1, -0.05) is 165 Å². The summed E-state index contributed by atoms with van der Waals surface area (Å²) >= 11 is 0. The van der Waals surface area contributed by atoms with Gasteiger partial charge in [0, 0.05) is 6.42 Å². The third-order valence-corrected chi connectivity index (χ3v) is 9.83. The van der Waals surface area contributed by atoms with Crippen LogP contribution in [0.2, 0.25) is 0 Å². The van der Waals surface area contributed by atoms with E-state index in [1.165, 1.54) is 57.8 Å². The van der Waals surface area contributed by atoms with Crippen LogP contribution in [0.1, 0.15) is 207 Å². The number of nitrogens with one attached hydrogen (secondary N) is 1. The number of rotatable bonds is 39. The van der Waals surface area contributed by atoms with E-state index in [1.807, 2.05) is 0 Å². The van der Waals surface area contributed by atoms with Gasteiger partial charge in [0.25, 0.3) is 0 Å². The Balaban J connectivity index is 4.64. The third-order valence-electron chi connectivity index (χ3n) is 9.83. The first-order chi connectivity index (χ1) is 26.5. The number of unbranched alkanes of at least 4 members (excludes halogenated alkanes) is 17. The molecule has 0 aromatic rings. The number of carbonyl (C=O) groups excluding carboxylic acids is 2. The highest BCUT2D eigenvalue weighted by Crippen LogP contribution is 2.16. The van der Waals surface area contributed by atoms with E-state index >= 15 is 0 Å². The van der Waals surface area contributed by atoms with E-state index in [0.29, 0.717) is 19.3 Å². The molecule has 3 N–H and O–H groups in total. The van der Waals surface area contributed by atoms with Crippen molar-refractivity contribution in [2.24, 2.45) is 0 Å². The molecule has 0 heterocycles. The summed E-state index contributed by atoms with van der Waals surface area (Å²) in [4.78, 5) is 25.9. The molecule has 3 atom stereocenters. The molecular formula is C48H85NO5. The number of aliphatic hydroxyl groups is 2. The van der Waals surface area contributed by atoms with Crippen LogP contribution >= 0.6 is 0 Å². The first-order valence-electron chi connectivity index (χ1n) is 22.5. The van der Waals surface area contributed by atoms with Crippen LogP contribution in [0.5, 0.6) is 0 Å². The van der Waals surface area contributed by atoms with Gasteiger partial charge in [0.15, 0.2) is 0 Å². The van der Waals surface area contributed by atoms with E-state index in [-0.39, 0.29) is 24.9 Å². The lowest BCUT2D eigenvalue weighted by molar-refractivity contribution is -0.151. The van der Waals surface area contributed by atoms with Gasteiger partial charge in [0.05, 0.1) is 25.2 Å². The van der Waals surface area contributed by atoms with Crippen LogP contribution in [-0.2, 0) is 14.3 Å². The Morgan fingerprint density at radius 1 is 0.556 bits per heavy atom. The van der Waals surface area contributed by atoms with Crippen LogP contribution in [0.25, 0.3) is 0 Å². The predicted octanol–water partition coefficient (Wildman–Crippen LogP) is 12.9. The summed E-state index contributed by atoms with van der Waals surface area (Å²) < 4.78 is 5.87. The average Bonchev–Trinajstić information content (AvgIpc) is 3.16. The minimum atomic E-state index is -0.795. The number of allylic oxidation sites excluding steroid dienone is 10. The highest BCUT2D eigenvalue weighted by molar-refractivity contribution is 5.77. The third kappa shape index (κ3) is 36.5. The summed E-state index contributed by atoms with van der Waals surface area (Å²) in [6.07, 6.45) is 50.0. The molecule has 1 amide bonds. The van der Waals surface area contributed by atoms with E-state index in [0.717, 1.165) is 103 Å². The average molecular weight is 756 g/mol. The van der Waals surface area contributed by atoms with E-state index in [1.54, 1.807) is 0 Å².